The monoisotopic (exact) mass is 431 g/mol. The van der Waals surface area contributed by atoms with Crippen LogP contribution in [0.25, 0.3) is 0 Å². The molecule has 0 amide bonds. The number of methoxy groups -OCH3 is 1. The highest BCUT2D eigenvalue weighted by atomic mass is 35.5. The normalized spacial score (nSPS) is 12.3. The molecule has 2 rings (SSSR count). The molecule has 0 radical (unpaired) electrons. The fourth-order valence-corrected chi connectivity index (χ4v) is 2.70. The summed E-state index contributed by atoms with van der Waals surface area (Å²) in [5.41, 5.74) is 0.485. The zero-order valence-electron chi connectivity index (χ0n) is 14.6. The molecular formula is C18H18Cl2O6P+. The van der Waals surface area contributed by atoms with Crippen LogP contribution in [0.4, 0.5) is 0 Å². The van der Waals surface area contributed by atoms with Crippen molar-refractivity contribution < 1.29 is 28.7 Å². The number of Topliss-reactive ketones (excluding diaryl/α,β-unsaturated/α-hetero) is 1. The molecule has 0 bridgehead atoms. The molecule has 0 saturated heterocycles. The first kappa shape index (κ1) is 23.2. The molecule has 0 N–H and O–H groups in total. The van der Waals surface area contributed by atoms with Crippen molar-refractivity contribution in [1.82, 2.24) is 0 Å². The second-order valence-corrected chi connectivity index (χ2v) is 5.92. The van der Waals surface area contributed by atoms with Crippen LogP contribution in [0.5, 0.6) is 0 Å². The van der Waals surface area contributed by atoms with E-state index in [0.29, 0.717) is 5.56 Å². The van der Waals surface area contributed by atoms with Crippen LogP contribution in [-0.4, -0.2) is 25.2 Å². The number of carbonyl (C=O) groups excluding carboxylic acids is 2. The van der Waals surface area contributed by atoms with E-state index in [4.69, 9.17) is 42.3 Å². The third kappa shape index (κ3) is 6.38. The third-order valence-electron chi connectivity index (χ3n) is 3.44. The Balaban J connectivity index is 0.00000176. The van der Waals surface area contributed by atoms with Crippen LogP contribution >= 0.6 is 32.3 Å². The highest BCUT2D eigenvalue weighted by Crippen LogP contribution is 2.31. The zero-order chi connectivity index (χ0) is 20.4. The van der Waals surface area contributed by atoms with Gasteiger partial charge < -0.3 is 4.74 Å². The quantitative estimate of drug-likeness (QED) is 0.159. The first-order chi connectivity index (χ1) is 13.0. The summed E-state index contributed by atoms with van der Waals surface area (Å²) in [5.74, 6) is -2.75. The van der Waals surface area contributed by atoms with E-state index < -0.39 is 24.0 Å². The molecule has 3 unspecified atom stereocenters. The van der Waals surface area contributed by atoms with Crippen molar-refractivity contribution in [3.05, 3.63) is 69.7 Å². The molecule has 0 fully saturated rings. The summed E-state index contributed by atoms with van der Waals surface area (Å²) in [6.45, 7) is 1.54. The van der Waals surface area contributed by atoms with Gasteiger partial charge in [0.2, 0.25) is 0 Å². The largest absolute Gasteiger partial charge is 0.357 e. The predicted octanol–water partition coefficient (Wildman–Crippen LogP) is 4.63. The SMILES string of the molecule is COC(C)OOC(=O)C(C(=O)c1c(Cl)cccc1Cl)c1ccccc1.O=[PH2+]. The Hall–Kier alpha value is -1.82. The molecule has 0 aliphatic rings. The maximum Gasteiger partial charge on any atom is 0.357 e. The van der Waals surface area contributed by atoms with Crippen LogP contribution in [-0.2, 0) is 23.9 Å². The fraction of sp³-hybridized carbons (Fsp3) is 0.222. The lowest BCUT2D eigenvalue weighted by molar-refractivity contribution is -0.342. The standard InChI is InChI=1S/C18H16Cl2O5.H2OP/c1-11(23-2)24-25-18(22)15(12-7-4-3-5-8-12)17(21)16-13(19)9-6-10-14(16)20;1-2/h3-11,15H,1-2H3;2H2/q;+1. The van der Waals surface area contributed by atoms with E-state index in [0.717, 1.165) is 0 Å². The Bertz CT molecular complexity index is 751. The van der Waals surface area contributed by atoms with Crippen LogP contribution in [0.3, 0.4) is 0 Å². The molecule has 2 aromatic rings. The number of hydrogen-bond acceptors (Lipinski definition) is 6. The van der Waals surface area contributed by atoms with Gasteiger partial charge in [0.15, 0.2) is 12.1 Å². The second-order valence-electron chi connectivity index (χ2n) is 5.11. The van der Waals surface area contributed by atoms with Crippen molar-refractivity contribution in [3.8, 4) is 0 Å². The second kappa shape index (κ2) is 11.8. The number of halogens is 2. The van der Waals surface area contributed by atoms with Gasteiger partial charge in [0.1, 0.15) is 5.92 Å². The Labute approximate surface area is 168 Å². The minimum atomic E-state index is -1.28. The molecule has 0 aliphatic carbocycles. The average Bonchev–Trinajstić information content (AvgIpc) is 2.68. The molecule has 3 atom stereocenters. The van der Waals surface area contributed by atoms with Gasteiger partial charge in [-0.2, -0.15) is 4.89 Å². The van der Waals surface area contributed by atoms with Crippen LogP contribution in [0.2, 0.25) is 10.0 Å². The van der Waals surface area contributed by atoms with Crippen molar-refractivity contribution in [2.24, 2.45) is 0 Å². The zero-order valence-corrected chi connectivity index (χ0v) is 17.2. The molecule has 2 aromatic carbocycles. The molecule has 27 heavy (non-hydrogen) atoms. The molecule has 0 saturated carbocycles. The molecular weight excluding hydrogens is 414 g/mol. The van der Waals surface area contributed by atoms with E-state index in [2.05, 4.69) is 0 Å². The van der Waals surface area contributed by atoms with Crippen LogP contribution in [0.15, 0.2) is 48.5 Å². The van der Waals surface area contributed by atoms with Crippen molar-refractivity contribution in [2.75, 3.05) is 7.11 Å². The van der Waals surface area contributed by atoms with E-state index >= 15 is 0 Å². The summed E-state index contributed by atoms with van der Waals surface area (Å²) in [4.78, 5) is 35.1. The maximum atomic E-state index is 13.0. The summed E-state index contributed by atoms with van der Waals surface area (Å²) >= 11 is 12.2. The first-order valence-corrected chi connectivity index (χ1v) is 8.85. The lowest BCUT2D eigenvalue weighted by Crippen LogP contribution is -2.26. The van der Waals surface area contributed by atoms with Crippen molar-refractivity contribution in [3.63, 3.8) is 0 Å². The molecule has 0 spiro atoms. The highest BCUT2D eigenvalue weighted by molar-refractivity contribution is 7.00. The van der Waals surface area contributed by atoms with E-state index in [1.165, 1.54) is 35.3 Å². The smallest absolute Gasteiger partial charge is 0.352 e. The third-order valence-corrected chi connectivity index (χ3v) is 4.07. The van der Waals surface area contributed by atoms with Gasteiger partial charge in [0.05, 0.1) is 15.6 Å². The van der Waals surface area contributed by atoms with Gasteiger partial charge in [-0.3, -0.25) is 9.68 Å². The molecule has 0 heterocycles. The summed E-state index contributed by atoms with van der Waals surface area (Å²) in [6.07, 6.45) is -0.778. The van der Waals surface area contributed by atoms with Gasteiger partial charge in [-0.25, -0.2) is 4.79 Å². The van der Waals surface area contributed by atoms with Gasteiger partial charge in [-0.15, -0.1) is 0 Å². The summed E-state index contributed by atoms with van der Waals surface area (Å²) in [5, 5.41) is 0.301. The molecule has 0 aromatic heterocycles. The van der Waals surface area contributed by atoms with Gasteiger partial charge in [-0.05, 0) is 24.6 Å². The van der Waals surface area contributed by atoms with Crippen molar-refractivity contribution in [1.29, 1.82) is 0 Å². The maximum absolute atomic E-state index is 13.0. The highest BCUT2D eigenvalue weighted by Gasteiger charge is 2.34. The van der Waals surface area contributed by atoms with E-state index in [-0.39, 0.29) is 15.6 Å². The topological polar surface area (TPSA) is 78.9 Å². The molecule has 144 valence electrons. The molecule has 6 nitrogen and oxygen atoms in total. The first-order valence-electron chi connectivity index (χ1n) is 7.62. The lowest BCUT2D eigenvalue weighted by atomic mass is 9.90. The fourth-order valence-electron chi connectivity index (χ4n) is 2.12. The Morgan fingerprint density at radius 3 is 2.04 bits per heavy atom. The summed E-state index contributed by atoms with van der Waals surface area (Å²) in [7, 11) is 2.56. The predicted molar refractivity (Wildman–Crippen MR) is 104 cm³/mol. The van der Waals surface area contributed by atoms with Crippen LogP contribution < -0.4 is 0 Å². The van der Waals surface area contributed by atoms with E-state index in [9.17, 15) is 9.59 Å². The van der Waals surface area contributed by atoms with Crippen molar-refractivity contribution in [2.45, 2.75) is 19.1 Å². The van der Waals surface area contributed by atoms with Crippen LogP contribution in [0, 0.1) is 0 Å². The van der Waals surface area contributed by atoms with Crippen LogP contribution in [0.1, 0.15) is 28.8 Å². The number of ether oxygens (including phenoxy) is 1. The number of ketones is 1. The van der Waals surface area contributed by atoms with Crippen molar-refractivity contribution >= 4 is 44.1 Å². The summed E-state index contributed by atoms with van der Waals surface area (Å²) in [6, 6.07) is 13.1. The van der Waals surface area contributed by atoms with Gasteiger partial charge in [0, 0.05) is 7.11 Å². The van der Waals surface area contributed by atoms with E-state index in [1.54, 1.807) is 36.4 Å². The number of hydrogen-bond donors (Lipinski definition) is 0. The van der Waals surface area contributed by atoms with Gasteiger partial charge in [-0.1, -0.05) is 64.2 Å². The molecule has 0 aliphatic heterocycles. The number of benzene rings is 2. The Kier molecular flexibility index (Phi) is 10.1. The minimum absolute atomic E-state index is 0.0522. The minimum Gasteiger partial charge on any atom is -0.352 e. The average molecular weight is 432 g/mol. The van der Waals surface area contributed by atoms with E-state index in [1.807, 2.05) is 0 Å². The number of carbonyl (C=O) groups is 2. The molecule has 9 heteroatoms. The van der Waals surface area contributed by atoms with Gasteiger partial charge >= 0.3 is 15.1 Å². The number of rotatable bonds is 7. The van der Waals surface area contributed by atoms with Gasteiger partial charge in [0.25, 0.3) is 0 Å². The Morgan fingerprint density at radius 1 is 0.963 bits per heavy atom. The Morgan fingerprint density at radius 2 is 1.52 bits per heavy atom. The lowest BCUT2D eigenvalue weighted by Gasteiger charge is -2.17. The summed E-state index contributed by atoms with van der Waals surface area (Å²) < 4.78 is 13.0.